The van der Waals surface area contributed by atoms with E-state index in [1.807, 2.05) is 0 Å². The van der Waals surface area contributed by atoms with Gasteiger partial charge in [0, 0.05) is 6.07 Å². The maximum atomic E-state index is 13.0. The van der Waals surface area contributed by atoms with Crippen molar-refractivity contribution in [1.82, 2.24) is 5.32 Å². The van der Waals surface area contributed by atoms with Crippen molar-refractivity contribution in [2.75, 3.05) is 12.4 Å². The third-order valence-corrected chi connectivity index (χ3v) is 3.28. The summed E-state index contributed by atoms with van der Waals surface area (Å²) in [6, 6.07) is -0.300. The number of urea groups is 1. The monoisotopic (exact) mass is 406 g/mol. The number of amides is 2. The summed E-state index contributed by atoms with van der Waals surface area (Å²) < 4.78 is 58.7. The summed E-state index contributed by atoms with van der Waals surface area (Å²) in [5, 5.41) is 3.67. The van der Waals surface area contributed by atoms with Crippen LogP contribution in [0.1, 0.15) is 6.92 Å². The SMILES string of the molecule is COC(=O)[C@H](C)NC(=O)Nc1cc(OC(F)(F)C(F)F)c(Cl)cc1Cl. The lowest BCUT2D eigenvalue weighted by Crippen LogP contribution is -2.41. The van der Waals surface area contributed by atoms with Crippen LogP contribution in [-0.2, 0) is 9.53 Å². The molecule has 0 unspecified atom stereocenters. The number of methoxy groups -OCH3 is 1. The number of rotatable bonds is 6. The first-order chi connectivity index (χ1) is 11.5. The molecule has 1 aromatic rings. The molecule has 0 bridgehead atoms. The maximum Gasteiger partial charge on any atom is 0.461 e. The topological polar surface area (TPSA) is 76.7 Å². The van der Waals surface area contributed by atoms with Crippen molar-refractivity contribution in [3.8, 4) is 5.75 Å². The second-order valence-electron chi connectivity index (χ2n) is 4.57. The third-order valence-electron chi connectivity index (χ3n) is 2.67. The molecule has 1 aromatic carbocycles. The van der Waals surface area contributed by atoms with E-state index >= 15 is 0 Å². The van der Waals surface area contributed by atoms with E-state index in [1.165, 1.54) is 6.92 Å². The summed E-state index contributed by atoms with van der Waals surface area (Å²) in [5.74, 6) is -1.56. The Morgan fingerprint density at radius 1 is 1.20 bits per heavy atom. The van der Waals surface area contributed by atoms with Crippen molar-refractivity contribution in [3.05, 3.63) is 22.2 Å². The fourth-order valence-corrected chi connectivity index (χ4v) is 1.95. The van der Waals surface area contributed by atoms with Crippen LogP contribution in [0.25, 0.3) is 0 Å². The van der Waals surface area contributed by atoms with Crippen molar-refractivity contribution in [2.45, 2.75) is 25.5 Å². The molecule has 6 nitrogen and oxygen atoms in total. The van der Waals surface area contributed by atoms with E-state index in [4.69, 9.17) is 23.2 Å². The lowest BCUT2D eigenvalue weighted by molar-refractivity contribution is -0.253. The highest BCUT2D eigenvalue weighted by Gasteiger charge is 2.44. The Kier molecular flexibility index (Phi) is 7.12. The quantitative estimate of drug-likeness (QED) is 0.554. The minimum atomic E-state index is -4.80. The number of hydrogen-bond acceptors (Lipinski definition) is 4. The Balaban J connectivity index is 2.96. The number of carbonyl (C=O) groups is 2. The van der Waals surface area contributed by atoms with Crippen LogP contribution in [0.3, 0.4) is 0 Å². The Hall–Kier alpha value is -1.94. The Labute approximate surface area is 149 Å². The molecule has 25 heavy (non-hydrogen) atoms. The third kappa shape index (κ3) is 5.82. The van der Waals surface area contributed by atoms with Crippen molar-refractivity contribution in [2.24, 2.45) is 0 Å². The standard InChI is InChI=1S/C13H12Cl2F4N2O4/c1-5(10(22)24-2)20-12(23)21-8-4-9(7(15)3-6(8)14)25-13(18,19)11(16)17/h3-5,11H,1-2H3,(H2,20,21,23)/t5-/m0/s1. The Morgan fingerprint density at radius 2 is 1.80 bits per heavy atom. The molecule has 0 aromatic heterocycles. The van der Waals surface area contributed by atoms with E-state index in [2.05, 4.69) is 20.1 Å². The largest absolute Gasteiger partial charge is 0.467 e. The number of nitrogens with one attached hydrogen (secondary N) is 2. The van der Waals surface area contributed by atoms with E-state index in [0.717, 1.165) is 19.2 Å². The molecule has 0 radical (unpaired) electrons. The predicted molar refractivity (Wildman–Crippen MR) is 81.7 cm³/mol. The zero-order chi connectivity index (χ0) is 19.4. The Bertz CT molecular complexity index is 661. The van der Waals surface area contributed by atoms with Crippen molar-refractivity contribution < 1.29 is 36.6 Å². The molecule has 0 aliphatic heterocycles. The minimum absolute atomic E-state index is 0.182. The first kappa shape index (κ1) is 21.1. The second kappa shape index (κ2) is 8.43. The second-order valence-corrected chi connectivity index (χ2v) is 5.38. The van der Waals surface area contributed by atoms with E-state index < -0.39 is 41.3 Å². The number of alkyl halides is 4. The summed E-state index contributed by atoms with van der Waals surface area (Å²) in [6.45, 7) is 1.33. The van der Waals surface area contributed by atoms with Crippen LogP contribution >= 0.6 is 23.2 Å². The number of ether oxygens (including phenoxy) is 2. The molecule has 0 saturated heterocycles. The zero-order valence-corrected chi connectivity index (χ0v) is 14.2. The number of hydrogen-bond donors (Lipinski definition) is 2. The summed E-state index contributed by atoms with van der Waals surface area (Å²) in [4.78, 5) is 23.0. The Morgan fingerprint density at radius 3 is 2.32 bits per heavy atom. The predicted octanol–water partition coefficient (Wildman–Crippen LogP) is 3.91. The molecule has 0 fully saturated rings. The van der Waals surface area contributed by atoms with Crippen LogP contribution in [0.5, 0.6) is 5.75 Å². The smallest absolute Gasteiger partial charge is 0.461 e. The highest BCUT2D eigenvalue weighted by molar-refractivity contribution is 6.37. The number of anilines is 1. The fourth-order valence-electron chi connectivity index (χ4n) is 1.49. The summed E-state index contributed by atoms with van der Waals surface area (Å²) >= 11 is 11.4. The molecule has 0 saturated carbocycles. The molecule has 0 heterocycles. The van der Waals surface area contributed by atoms with Crippen molar-refractivity contribution >= 4 is 40.9 Å². The van der Waals surface area contributed by atoms with Gasteiger partial charge in [0.1, 0.15) is 11.8 Å². The van der Waals surface area contributed by atoms with Gasteiger partial charge in [0.05, 0.1) is 22.8 Å². The van der Waals surface area contributed by atoms with Gasteiger partial charge >= 0.3 is 24.5 Å². The molecule has 1 atom stereocenters. The molecule has 0 aliphatic carbocycles. The van der Waals surface area contributed by atoms with Crippen LogP contribution in [0.4, 0.5) is 28.0 Å². The van der Waals surface area contributed by atoms with Gasteiger partial charge in [-0.3, -0.25) is 0 Å². The van der Waals surface area contributed by atoms with Crippen molar-refractivity contribution in [3.63, 3.8) is 0 Å². The summed E-state index contributed by atoms with van der Waals surface area (Å²) in [6.07, 6.45) is -8.89. The van der Waals surface area contributed by atoms with E-state index in [0.29, 0.717) is 0 Å². The van der Waals surface area contributed by atoms with Gasteiger partial charge in [-0.2, -0.15) is 17.6 Å². The van der Waals surface area contributed by atoms with Gasteiger partial charge in [-0.25, -0.2) is 9.59 Å². The zero-order valence-electron chi connectivity index (χ0n) is 12.7. The average molecular weight is 407 g/mol. The molecule has 1 rings (SSSR count). The molecule has 0 aliphatic rings. The lowest BCUT2D eigenvalue weighted by Gasteiger charge is -2.19. The van der Waals surface area contributed by atoms with Gasteiger partial charge in [-0.15, -0.1) is 0 Å². The van der Waals surface area contributed by atoms with Crippen molar-refractivity contribution in [1.29, 1.82) is 0 Å². The molecular weight excluding hydrogens is 395 g/mol. The summed E-state index contributed by atoms with van der Waals surface area (Å²) in [5.41, 5.74) is -0.263. The van der Waals surface area contributed by atoms with Crippen LogP contribution in [0, 0.1) is 0 Å². The number of esters is 1. The maximum absolute atomic E-state index is 13.0. The molecule has 0 spiro atoms. The molecular formula is C13H12Cl2F4N2O4. The molecule has 12 heteroatoms. The van der Waals surface area contributed by atoms with Crippen LogP contribution < -0.4 is 15.4 Å². The summed E-state index contributed by atoms with van der Waals surface area (Å²) in [7, 11) is 1.11. The van der Waals surface area contributed by atoms with Gasteiger partial charge in [0.25, 0.3) is 0 Å². The minimum Gasteiger partial charge on any atom is -0.467 e. The molecule has 140 valence electrons. The van der Waals surface area contributed by atoms with E-state index in [9.17, 15) is 27.2 Å². The van der Waals surface area contributed by atoms with Crippen LogP contribution in [-0.4, -0.2) is 37.7 Å². The fraction of sp³-hybridized carbons (Fsp3) is 0.385. The van der Waals surface area contributed by atoms with E-state index in [1.54, 1.807) is 0 Å². The normalized spacial score (nSPS) is 12.5. The number of halogens is 6. The van der Waals surface area contributed by atoms with Crippen LogP contribution in [0.2, 0.25) is 10.0 Å². The van der Waals surface area contributed by atoms with Gasteiger partial charge in [-0.1, -0.05) is 23.2 Å². The highest BCUT2D eigenvalue weighted by Crippen LogP contribution is 2.38. The lowest BCUT2D eigenvalue weighted by atomic mass is 10.3. The first-order valence-corrected chi connectivity index (χ1v) is 7.23. The van der Waals surface area contributed by atoms with Gasteiger partial charge < -0.3 is 20.1 Å². The average Bonchev–Trinajstić information content (AvgIpc) is 2.50. The number of carbonyl (C=O) groups excluding carboxylic acids is 2. The van der Waals surface area contributed by atoms with Gasteiger partial charge in [0.15, 0.2) is 0 Å². The van der Waals surface area contributed by atoms with E-state index in [-0.39, 0.29) is 10.7 Å². The molecule has 2 amide bonds. The highest BCUT2D eigenvalue weighted by atomic mass is 35.5. The van der Waals surface area contributed by atoms with Crippen LogP contribution in [0.15, 0.2) is 12.1 Å². The molecule has 2 N–H and O–H groups in total. The van der Waals surface area contributed by atoms with Gasteiger partial charge in [0.2, 0.25) is 0 Å². The van der Waals surface area contributed by atoms with Gasteiger partial charge in [-0.05, 0) is 13.0 Å². The number of benzene rings is 1. The first-order valence-electron chi connectivity index (χ1n) is 6.47.